The molecule has 1 amide bonds. The molecule has 1 aromatic heterocycles. The molecule has 1 aliphatic rings. The minimum atomic E-state index is -0.0914. The number of anilines is 1. The summed E-state index contributed by atoms with van der Waals surface area (Å²) in [7, 11) is 1.65. The number of methoxy groups -OCH3 is 1. The number of hydrogen-bond donors (Lipinski definition) is 1. The molecule has 3 rings (SSSR count). The molecule has 6 nitrogen and oxygen atoms in total. The van der Waals surface area contributed by atoms with Gasteiger partial charge in [0.15, 0.2) is 0 Å². The number of carbonyl (C=O) groups is 1. The summed E-state index contributed by atoms with van der Waals surface area (Å²) < 4.78 is 5.15. The number of ether oxygens (including phenoxy) is 1. The average Bonchev–Trinajstić information content (AvgIpc) is 2.89. The molecule has 0 saturated carbocycles. The molecule has 1 fully saturated rings. The summed E-state index contributed by atoms with van der Waals surface area (Å²) in [6.07, 6.45) is 0.875. The van der Waals surface area contributed by atoms with Gasteiger partial charge >= 0.3 is 0 Å². The Balaban J connectivity index is 1.57. The third-order valence-corrected chi connectivity index (χ3v) is 4.49. The van der Waals surface area contributed by atoms with E-state index < -0.39 is 0 Å². The molecule has 0 bridgehead atoms. The summed E-state index contributed by atoms with van der Waals surface area (Å²) in [6.45, 7) is 3.56. The summed E-state index contributed by atoms with van der Waals surface area (Å²) >= 11 is 1.39. The molecule has 0 spiro atoms. The first-order valence-electron chi connectivity index (χ1n) is 7.13. The fourth-order valence-corrected chi connectivity index (χ4v) is 3.02. The molecule has 1 aliphatic heterocycles. The van der Waals surface area contributed by atoms with Crippen LogP contribution in [0.5, 0.6) is 5.75 Å². The van der Waals surface area contributed by atoms with Crippen molar-refractivity contribution in [1.29, 1.82) is 0 Å². The van der Waals surface area contributed by atoms with Gasteiger partial charge in [0.05, 0.1) is 13.2 Å². The van der Waals surface area contributed by atoms with Gasteiger partial charge in [0, 0.05) is 13.1 Å². The second-order valence-electron chi connectivity index (χ2n) is 5.24. The van der Waals surface area contributed by atoms with Gasteiger partial charge in [-0.1, -0.05) is 23.5 Å². The van der Waals surface area contributed by atoms with E-state index in [1.165, 1.54) is 16.9 Å². The van der Waals surface area contributed by atoms with E-state index in [1.807, 2.05) is 31.2 Å². The fraction of sp³-hybridized carbons (Fsp3) is 0.400. The number of nitrogens with one attached hydrogen (secondary N) is 1. The van der Waals surface area contributed by atoms with Crippen molar-refractivity contribution in [2.75, 3.05) is 19.0 Å². The minimum Gasteiger partial charge on any atom is -0.497 e. The highest BCUT2D eigenvalue weighted by Gasteiger charge is 2.34. The largest absolute Gasteiger partial charge is 0.497 e. The Morgan fingerprint density at radius 1 is 1.41 bits per heavy atom. The van der Waals surface area contributed by atoms with Crippen molar-refractivity contribution in [3.63, 3.8) is 0 Å². The predicted molar refractivity (Wildman–Crippen MR) is 85.1 cm³/mol. The molecule has 1 atom stereocenters. The van der Waals surface area contributed by atoms with Gasteiger partial charge in [-0.25, -0.2) is 0 Å². The van der Waals surface area contributed by atoms with Crippen LogP contribution in [-0.4, -0.2) is 40.7 Å². The monoisotopic (exact) mass is 318 g/mol. The predicted octanol–water partition coefficient (Wildman–Crippen LogP) is 2.07. The van der Waals surface area contributed by atoms with Crippen molar-refractivity contribution in [2.24, 2.45) is 0 Å². The van der Waals surface area contributed by atoms with Crippen LogP contribution in [0.15, 0.2) is 24.3 Å². The van der Waals surface area contributed by atoms with E-state index in [1.54, 1.807) is 7.11 Å². The average molecular weight is 318 g/mol. The quantitative estimate of drug-likeness (QED) is 0.914. The van der Waals surface area contributed by atoms with Crippen molar-refractivity contribution < 1.29 is 9.53 Å². The Kier molecular flexibility index (Phi) is 4.35. The third-order valence-electron chi connectivity index (χ3n) is 3.73. The zero-order chi connectivity index (χ0) is 15.5. The number of rotatable bonds is 5. The van der Waals surface area contributed by atoms with E-state index in [4.69, 9.17) is 4.74 Å². The summed E-state index contributed by atoms with van der Waals surface area (Å²) in [5.41, 5.74) is 1.17. The van der Waals surface area contributed by atoms with Gasteiger partial charge in [0.2, 0.25) is 11.0 Å². The first-order chi connectivity index (χ1) is 10.7. The lowest BCUT2D eigenvalue weighted by Gasteiger charge is -2.39. The molecular formula is C15H18N4O2S. The van der Waals surface area contributed by atoms with Gasteiger partial charge in [0.1, 0.15) is 10.8 Å². The number of aryl methyl sites for hydroxylation is 1. The Hall–Kier alpha value is -1.99. The third kappa shape index (κ3) is 3.26. The van der Waals surface area contributed by atoms with E-state index >= 15 is 0 Å². The summed E-state index contributed by atoms with van der Waals surface area (Å²) in [4.78, 5) is 14.4. The summed E-state index contributed by atoms with van der Waals surface area (Å²) in [5, 5.41) is 12.1. The summed E-state index contributed by atoms with van der Waals surface area (Å²) in [5.74, 6) is 0.837. The number of carbonyl (C=O) groups excluding carboxylic acids is 1. The summed E-state index contributed by atoms with van der Waals surface area (Å²) in [6, 6.07) is 7.84. The lowest BCUT2D eigenvalue weighted by atomic mass is 10.0. The van der Waals surface area contributed by atoms with Gasteiger partial charge in [-0.05, 0) is 31.0 Å². The Bertz CT molecular complexity index is 656. The van der Waals surface area contributed by atoms with E-state index in [9.17, 15) is 4.79 Å². The molecule has 0 unspecified atom stereocenters. The van der Waals surface area contributed by atoms with Crippen molar-refractivity contribution in [1.82, 2.24) is 15.1 Å². The van der Waals surface area contributed by atoms with Crippen molar-refractivity contribution in [2.45, 2.75) is 25.9 Å². The highest BCUT2D eigenvalue weighted by atomic mass is 32.1. The van der Waals surface area contributed by atoms with Gasteiger partial charge < -0.3 is 4.74 Å². The van der Waals surface area contributed by atoms with Crippen LogP contribution < -0.4 is 10.1 Å². The Labute approximate surface area is 133 Å². The number of benzene rings is 1. The number of nitrogens with zero attached hydrogens (tertiary/aromatic N) is 3. The normalized spacial score (nSPS) is 17.8. The van der Waals surface area contributed by atoms with Gasteiger partial charge in [-0.15, -0.1) is 10.2 Å². The molecule has 2 aromatic rings. The lowest BCUT2D eigenvalue weighted by Crippen LogP contribution is -2.53. The zero-order valence-electron chi connectivity index (χ0n) is 12.6. The first kappa shape index (κ1) is 14.9. The SMILES string of the molecule is COc1ccc(CN2CC[C@@H]2C(=O)Nc2nnc(C)s2)cc1. The lowest BCUT2D eigenvalue weighted by molar-refractivity contribution is -0.125. The Morgan fingerprint density at radius 2 is 2.18 bits per heavy atom. The van der Waals surface area contributed by atoms with Crippen LogP contribution in [0.25, 0.3) is 0 Å². The van der Waals surface area contributed by atoms with E-state index in [2.05, 4.69) is 20.4 Å². The first-order valence-corrected chi connectivity index (χ1v) is 7.95. The molecule has 7 heteroatoms. The van der Waals surface area contributed by atoms with Crippen LogP contribution in [0.2, 0.25) is 0 Å². The second kappa shape index (κ2) is 6.41. The second-order valence-corrected chi connectivity index (χ2v) is 6.42. The molecule has 0 aliphatic carbocycles. The number of hydrogen-bond acceptors (Lipinski definition) is 6. The molecule has 2 heterocycles. The highest BCUT2D eigenvalue weighted by molar-refractivity contribution is 7.15. The van der Waals surface area contributed by atoms with Crippen LogP contribution in [0.1, 0.15) is 17.0 Å². The van der Waals surface area contributed by atoms with Crippen LogP contribution in [0.3, 0.4) is 0 Å². The molecule has 1 saturated heterocycles. The molecule has 116 valence electrons. The molecule has 1 aromatic carbocycles. The smallest absolute Gasteiger partial charge is 0.243 e. The maximum Gasteiger partial charge on any atom is 0.243 e. The molecule has 1 N–H and O–H groups in total. The van der Waals surface area contributed by atoms with Gasteiger partial charge in [-0.3, -0.25) is 15.0 Å². The minimum absolute atomic E-state index is 0.00379. The van der Waals surface area contributed by atoms with E-state index in [-0.39, 0.29) is 11.9 Å². The number of likely N-dealkylation sites (tertiary alicyclic amines) is 1. The highest BCUT2D eigenvalue weighted by Crippen LogP contribution is 2.23. The topological polar surface area (TPSA) is 67.3 Å². The molecular weight excluding hydrogens is 300 g/mol. The van der Waals surface area contributed by atoms with Crippen LogP contribution in [0, 0.1) is 6.92 Å². The Morgan fingerprint density at radius 3 is 2.73 bits per heavy atom. The van der Waals surface area contributed by atoms with E-state index in [0.29, 0.717) is 5.13 Å². The standard InChI is InChI=1S/C15H18N4O2S/c1-10-17-18-15(22-10)16-14(20)13-7-8-19(13)9-11-3-5-12(21-2)6-4-11/h3-6,13H,7-9H2,1-2H3,(H,16,18,20)/t13-/m1/s1. The maximum atomic E-state index is 12.3. The van der Waals surface area contributed by atoms with E-state index in [0.717, 1.165) is 30.3 Å². The number of aromatic nitrogens is 2. The molecule has 0 radical (unpaired) electrons. The van der Waals surface area contributed by atoms with Crippen LogP contribution in [0.4, 0.5) is 5.13 Å². The van der Waals surface area contributed by atoms with Crippen molar-refractivity contribution in [3.8, 4) is 5.75 Å². The van der Waals surface area contributed by atoms with Gasteiger partial charge in [0.25, 0.3) is 0 Å². The van der Waals surface area contributed by atoms with Gasteiger partial charge in [-0.2, -0.15) is 0 Å². The van der Waals surface area contributed by atoms with Crippen LogP contribution in [-0.2, 0) is 11.3 Å². The zero-order valence-corrected chi connectivity index (χ0v) is 13.4. The van der Waals surface area contributed by atoms with Crippen molar-refractivity contribution >= 4 is 22.4 Å². The van der Waals surface area contributed by atoms with Crippen LogP contribution >= 0.6 is 11.3 Å². The number of amides is 1. The maximum absolute atomic E-state index is 12.3. The van der Waals surface area contributed by atoms with Crippen molar-refractivity contribution in [3.05, 3.63) is 34.8 Å². The molecule has 22 heavy (non-hydrogen) atoms. The fourth-order valence-electron chi connectivity index (χ4n) is 2.43.